The molecule has 1 N–H and O–H groups in total. The van der Waals surface area contributed by atoms with Crippen LogP contribution in [0.1, 0.15) is 24.2 Å². The molecule has 1 rings (SSSR count). The van der Waals surface area contributed by atoms with E-state index in [1.165, 1.54) is 5.56 Å². The average molecular weight is 249 g/mol. The number of aliphatic hydroxyl groups excluding tert-OH is 1. The summed E-state index contributed by atoms with van der Waals surface area (Å²) in [5, 5.41) is 9.83. The summed E-state index contributed by atoms with van der Waals surface area (Å²) in [6.07, 6.45) is 7.60. The van der Waals surface area contributed by atoms with Crippen LogP contribution in [0.5, 0.6) is 0 Å². The summed E-state index contributed by atoms with van der Waals surface area (Å²) in [7, 11) is 0. The van der Waals surface area contributed by atoms with E-state index in [1.807, 2.05) is 38.1 Å². The minimum atomic E-state index is -0.404. The van der Waals surface area contributed by atoms with Crippen LogP contribution < -0.4 is 0 Å². The minimum Gasteiger partial charge on any atom is -0.388 e. The van der Waals surface area contributed by atoms with Crippen LogP contribution in [-0.4, -0.2) is 23.0 Å². The first-order valence-electron chi connectivity index (χ1n) is 5.42. The Bertz CT molecular complexity index is 343. The molecule has 0 aliphatic rings. The van der Waals surface area contributed by atoms with Gasteiger partial charge >= 0.3 is 0 Å². The van der Waals surface area contributed by atoms with Crippen molar-refractivity contribution < 1.29 is 5.11 Å². The third-order valence-electron chi connectivity index (χ3n) is 2.05. The fraction of sp³-hybridized carbons (Fsp3) is 0.357. The highest BCUT2D eigenvalue weighted by molar-refractivity contribution is 8.12. The molecule has 0 aliphatic heterocycles. The highest BCUT2D eigenvalue weighted by Crippen LogP contribution is 2.17. The van der Waals surface area contributed by atoms with Gasteiger partial charge in [0, 0.05) is 12.3 Å². The molecular weight excluding hydrogens is 230 g/mol. The first-order chi connectivity index (χ1) is 8.24. The Kier molecular flexibility index (Phi) is 9.22. The monoisotopic (exact) mass is 249 g/mol. The quantitative estimate of drug-likeness (QED) is 0.494. The lowest BCUT2D eigenvalue weighted by Crippen LogP contribution is -2.00. The van der Waals surface area contributed by atoms with Gasteiger partial charge in [0.2, 0.25) is 0 Å². The Hall–Kier alpha value is -1.24. The maximum absolute atomic E-state index is 9.83. The van der Waals surface area contributed by atoms with Gasteiger partial charge in [-0.3, -0.25) is 4.99 Å². The summed E-state index contributed by atoms with van der Waals surface area (Å²) in [4.78, 5) is 4.08. The van der Waals surface area contributed by atoms with E-state index in [0.717, 1.165) is 12.1 Å². The standard InChI is InChI=1S/C12H17NOS.C2H2/c1-3-13-9-15-8-12(14)11-6-4-10(2)5-7-11;1-2/h4-7,9,12,14H,3,8H2,1-2H3;1-2H. The SMILES string of the molecule is C#C.CCN=CSCC(O)c1ccc(C)cc1. The molecule has 1 aromatic carbocycles. The second kappa shape index (κ2) is 9.95. The second-order valence-corrected chi connectivity index (χ2v) is 4.24. The first-order valence-corrected chi connectivity index (χ1v) is 6.46. The lowest BCUT2D eigenvalue weighted by Gasteiger charge is -2.08. The van der Waals surface area contributed by atoms with Gasteiger partial charge < -0.3 is 5.11 Å². The van der Waals surface area contributed by atoms with Crippen LogP contribution in [-0.2, 0) is 0 Å². The van der Waals surface area contributed by atoms with Gasteiger partial charge in [-0.2, -0.15) is 0 Å². The van der Waals surface area contributed by atoms with Crippen molar-refractivity contribution >= 4 is 17.3 Å². The van der Waals surface area contributed by atoms with E-state index in [9.17, 15) is 5.11 Å². The Morgan fingerprint density at radius 1 is 1.35 bits per heavy atom. The van der Waals surface area contributed by atoms with E-state index in [0.29, 0.717) is 5.75 Å². The van der Waals surface area contributed by atoms with Gasteiger partial charge in [-0.25, -0.2) is 0 Å². The third kappa shape index (κ3) is 6.83. The smallest absolute Gasteiger partial charge is 0.0884 e. The van der Waals surface area contributed by atoms with Crippen molar-refractivity contribution in [3.63, 3.8) is 0 Å². The van der Waals surface area contributed by atoms with Crippen molar-refractivity contribution in [3.05, 3.63) is 35.4 Å². The summed E-state index contributed by atoms with van der Waals surface area (Å²) in [5.41, 5.74) is 3.99. The Morgan fingerprint density at radius 2 is 1.94 bits per heavy atom. The lowest BCUT2D eigenvalue weighted by molar-refractivity contribution is 0.204. The van der Waals surface area contributed by atoms with Crippen molar-refractivity contribution in [2.24, 2.45) is 4.99 Å². The zero-order valence-corrected chi connectivity index (χ0v) is 11.2. The van der Waals surface area contributed by atoms with E-state index in [1.54, 1.807) is 17.3 Å². The summed E-state index contributed by atoms with van der Waals surface area (Å²) in [6.45, 7) is 4.83. The largest absolute Gasteiger partial charge is 0.388 e. The van der Waals surface area contributed by atoms with Gasteiger partial charge in [-0.15, -0.1) is 24.6 Å². The fourth-order valence-electron chi connectivity index (χ4n) is 1.15. The number of nitrogens with zero attached hydrogens (tertiary/aromatic N) is 1. The van der Waals surface area contributed by atoms with E-state index < -0.39 is 6.10 Å². The number of hydrogen-bond acceptors (Lipinski definition) is 3. The normalized spacial score (nSPS) is 11.8. The number of hydrogen-bond donors (Lipinski definition) is 1. The molecule has 0 spiro atoms. The number of aliphatic hydroxyl groups is 1. The maximum Gasteiger partial charge on any atom is 0.0884 e. The highest BCUT2D eigenvalue weighted by Gasteiger charge is 2.05. The van der Waals surface area contributed by atoms with E-state index >= 15 is 0 Å². The molecule has 0 saturated carbocycles. The summed E-state index contributed by atoms with van der Waals surface area (Å²) in [5.74, 6) is 0.659. The first kappa shape index (κ1) is 15.8. The van der Waals surface area contributed by atoms with Crippen molar-refractivity contribution in [2.75, 3.05) is 12.3 Å². The van der Waals surface area contributed by atoms with Crippen molar-refractivity contribution in [2.45, 2.75) is 20.0 Å². The lowest BCUT2D eigenvalue weighted by atomic mass is 10.1. The van der Waals surface area contributed by atoms with Crippen LogP contribution in [0.25, 0.3) is 0 Å². The van der Waals surface area contributed by atoms with Gasteiger partial charge in [-0.05, 0) is 19.4 Å². The topological polar surface area (TPSA) is 32.6 Å². The molecule has 1 aromatic rings. The summed E-state index contributed by atoms with van der Waals surface area (Å²) in [6, 6.07) is 7.97. The third-order valence-corrected chi connectivity index (χ3v) is 2.85. The number of terminal acetylenes is 1. The zero-order valence-electron chi connectivity index (χ0n) is 10.3. The van der Waals surface area contributed by atoms with Gasteiger partial charge in [0.25, 0.3) is 0 Å². The van der Waals surface area contributed by atoms with Crippen molar-refractivity contribution in [3.8, 4) is 12.8 Å². The molecule has 3 heteroatoms. The van der Waals surface area contributed by atoms with Crippen LogP contribution in [0, 0.1) is 19.8 Å². The summed E-state index contributed by atoms with van der Waals surface area (Å²) >= 11 is 1.54. The molecule has 0 fully saturated rings. The molecule has 0 radical (unpaired) electrons. The van der Waals surface area contributed by atoms with Crippen LogP contribution in [0.4, 0.5) is 0 Å². The molecule has 0 bridgehead atoms. The predicted octanol–water partition coefficient (Wildman–Crippen LogP) is 3.06. The molecule has 0 aromatic heterocycles. The Morgan fingerprint density at radius 3 is 2.47 bits per heavy atom. The summed E-state index contributed by atoms with van der Waals surface area (Å²) < 4.78 is 0. The van der Waals surface area contributed by atoms with Crippen LogP contribution >= 0.6 is 11.8 Å². The predicted molar refractivity (Wildman–Crippen MR) is 77.5 cm³/mol. The molecule has 17 heavy (non-hydrogen) atoms. The van der Waals surface area contributed by atoms with Crippen molar-refractivity contribution in [1.29, 1.82) is 0 Å². The molecular formula is C14H19NOS. The number of benzene rings is 1. The molecule has 1 unspecified atom stereocenters. The van der Waals surface area contributed by atoms with Crippen LogP contribution in [0.2, 0.25) is 0 Å². The van der Waals surface area contributed by atoms with Gasteiger partial charge in [0.05, 0.1) is 11.7 Å². The maximum atomic E-state index is 9.83. The molecule has 1 atom stereocenters. The van der Waals surface area contributed by atoms with Gasteiger partial charge in [0.15, 0.2) is 0 Å². The molecule has 0 aliphatic carbocycles. The number of thioether (sulfide) groups is 1. The molecule has 92 valence electrons. The van der Waals surface area contributed by atoms with Crippen molar-refractivity contribution in [1.82, 2.24) is 0 Å². The van der Waals surface area contributed by atoms with Gasteiger partial charge in [-0.1, -0.05) is 29.8 Å². The van der Waals surface area contributed by atoms with E-state index in [2.05, 4.69) is 17.8 Å². The van der Waals surface area contributed by atoms with Crippen LogP contribution in [0.15, 0.2) is 29.3 Å². The minimum absolute atomic E-state index is 0.404. The number of rotatable bonds is 5. The average Bonchev–Trinajstić information content (AvgIpc) is 2.38. The Balaban J connectivity index is 0.00000121. The molecule has 2 nitrogen and oxygen atoms in total. The second-order valence-electron chi connectivity index (χ2n) is 3.36. The van der Waals surface area contributed by atoms with Crippen LogP contribution in [0.3, 0.4) is 0 Å². The van der Waals surface area contributed by atoms with E-state index in [4.69, 9.17) is 0 Å². The van der Waals surface area contributed by atoms with Gasteiger partial charge in [0.1, 0.15) is 0 Å². The highest BCUT2D eigenvalue weighted by atomic mass is 32.2. The molecule has 0 heterocycles. The number of aliphatic imine (C=N–C) groups is 1. The fourth-order valence-corrected chi connectivity index (χ4v) is 1.86. The molecule has 0 amide bonds. The Labute approximate surface area is 108 Å². The number of aryl methyl sites for hydroxylation is 1. The zero-order chi connectivity index (χ0) is 13.1. The van der Waals surface area contributed by atoms with E-state index in [-0.39, 0.29) is 0 Å². The molecule has 0 saturated heterocycles.